The van der Waals surface area contributed by atoms with E-state index in [4.69, 9.17) is 9.41 Å². The molecule has 2 atom stereocenters. The molecule has 0 radical (unpaired) electrons. The quantitative estimate of drug-likeness (QED) is 0.271. The fraction of sp³-hybridized carbons (Fsp3) is 0.514. The average Bonchev–Trinajstić information content (AvgIpc) is 3.42. The minimum absolute atomic E-state index is 0.0123. The summed E-state index contributed by atoms with van der Waals surface area (Å²) in [6.45, 7) is 15.7. The van der Waals surface area contributed by atoms with Crippen LogP contribution in [-0.4, -0.2) is 13.3 Å². The third-order valence-corrected chi connectivity index (χ3v) is 14.1. The van der Waals surface area contributed by atoms with Gasteiger partial charge in [-0.15, -0.1) is 0 Å². The van der Waals surface area contributed by atoms with Crippen molar-refractivity contribution in [3.8, 4) is 11.1 Å². The molecule has 0 bridgehead atoms. The topological polar surface area (TPSA) is 22.1 Å². The van der Waals surface area contributed by atoms with Crippen LogP contribution >= 0.6 is 0 Å². The standard InChI is InChI=1S/C35H44F3NOSi/c1-34(2,3)41(6,7)40-28-21-35(4,5)20-27-30(28)29(22-12-16-25(36)17-13-22)31(33(39-27)24-10-8-9-11-24)32(38)23-14-18-26(37)19-15-23/h12-19,24,28,32H,8-11,20-21H2,1-7H3. The Labute approximate surface area is 244 Å². The Morgan fingerprint density at radius 3 is 2.05 bits per heavy atom. The van der Waals surface area contributed by atoms with Crippen LogP contribution in [0.2, 0.25) is 18.1 Å². The Morgan fingerprint density at radius 2 is 1.49 bits per heavy atom. The van der Waals surface area contributed by atoms with Gasteiger partial charge in [-0.3, -0.25) is 4.98 Å². The molecule has 2 aliphatic carbocycles. The number of pyridine rings is 1. The maximum atomic E-state index is 17.0. The summed E-state index contributed by atoms with van der Waals surface area (Å²) in [6.07, 6.45) is 3.89. The lowest BCUT2D eigenvalue weighted by atomic mass is 9.71. The molecule has 1 aromatic heterocycles. The average molecular weight is 580 g/mol. The lowest BCUT2D eigenvalue weighted by Crippen LogP contribution is -2.44. The molecule has 0 saturated heterocycles. The number of rotatable bonds is 6. The lowest BCUT2D eigenvalue weighted by Gasteiger charge is -2.45. The Balaban J connectivity index is 1.83. The number of hydrogen-bond acceptors (Lipinski definition) is 2. The molecule has 2 nitrogen and oxygen atoms in total. The first-order chi connectivity index (χ1) is 19.2. The molecular weight excluding hydrogens is 535 g/mol. The van der Waals surface area contributed by atoms with Crippen LogP contribution in [0.3, 0.4) is 0 Å². The number of benzene rings is 2. The first-order valence-electron chi connectivity index (χ1n) is 15.1. The van der Waals surface area contributed by atoms with Gasteiger partial charge in [0.05, 0.1) is 11.8 Å². The monoisotopic (exact) mass is 579 g/mol. The summed E-state index contributed by atoms with van der Waals surface area (Å²) in [5, 5.41) is -0.0123. The number of nitrogens with zero attached hydrogens (tertiary/aromatic N) is 1. The highest BCUT2D eigenvalue weighted by molar-refractivity contribution is 6.74. The second kappa shape index (κ2) is 11.0. The minimum Gasteiger partial charge on any atom is -0.410 e. The van der Waals surface area contributed by atoms with Crippen molar-refractivity contribution in [1.29, 1.82) is 0 Å². The fourth-order valence-corrected chi connectivity index (χ4v) is 7.69. The minimum atomic E-state index is -2.23. The van der Waals surface area contributed by atoms with Gasteiger partial charge in [0.1, 0.15) is 11.6 Å². The Morgan fingerprint density at radius 1 is 0.927 bits per heavy atom. The van der Waals surface area contributed by atoms with Crippen molar-refractivity contribution in [2.75, 3.05) is 0 Å². The zero-order valence-corrected chi connectivity index (χ0v) is 26.6. The fourth-order valence-electron chi connectivity index (χ4n) is 6.42. The van der Waals surface area contributed by atoms with Crippen LogP contribution in [0.25, 0.3) is 11.1 Å². The van der Waals surface area contributed by atoms with E-state index < -0.39 is 20.3 Å². The van der Waals surface area contributed by atoms with Gasteiger partial charge in [0.25, 0.3) is 0 Å². The van der Waals surface area contributed by atoms with E-state index in [9.17, 15) is 8.78 Å². The van der Waals surface area contributed by atoms with Crippen molar-refractivity contribution >= 4 is 8.32 Å². The second-order valence-electron chi connectivity index (χ2n) is 14.5. The Kier molecular flexibility index (Phi) is 8.05. The van der Waals surface area contributed by atoms with E-state index in [1.165, 1.54) is 36.4 Å². The SMILES string of the molecule is CC1(C)Cc2nc(C3CCCC3)c(C(F)c3ccc(F)cc3)c(-c3ccc(F)cc3)c2C(O[Si](C)(C)C(C)(C)C)C1. The summed E-state index contributed by atoms with van der Waals surface area (Å²) in [4.78, 5) is 5.35. The molecule has 1 heterocycles. The first kappa shape index (κ1) is 30.0. The van der Waals surface area contributed by atoms with Gasteiger partial charge >= 0.3 is 0 Å². The summed E-state index contributed by atoms with van der Waals surface area (Å²) in [6, 6.07) is 12.1. The van der Waals surface area contributed by atoms with E-state index in [0.717, 1.165) is 66.6 Å². The van der Waals surface area contributed by atoms with E-state index in [1.54, 1.807) is 12.1 Å². The molecule has 0 amide bonds. The second-order valence-corrected chi connectivity index (χ2v) is 19.2. The molecule has 2 unspecified atom stereocenters. The molecule has 0 aliphatic heterocycles. The number of halogens is 3. The number of fused-ring (bicyclic) bond motifs is 1. The van der Waals surface area contributed by atoms with Crippen molar-refractivity contribution < 1.29 is 17.6 Å². The zero-order chi connectivity index (χ0) is 29.7. The van der Waals surface area contributed by atoms with E-state index in [2.05, 4.69) is 47.7 Å². The van der Waals surface area contributed by atoms with Gasteiger partial charge < -0.3 is 4.43 Å². The van der Waals surface area contributed by atoms with Crippen molar-refractivity contribution in [3.05, 3.63) is 88.2 Å². The smallest absolute Gasteiger partial charge is 0.192 e. The highest BCUT2D eigenvalue weighted by atomic mass is 28.4. The van der Waals surface area contributed by atoms with Crippen LogP contribution < -0.4 is 0 Å². The van der Waals surface area contributed by atoms with Crippen LogP contribution in [0.5, 0.6) is 0 Å². The van der Waals surface area contributed by atoms with Crippen LogP contribution in [-0.2, 0) is 10.8 Å². The molecule has 220 valence electrons. The molecule has 1 fully saturated rings. The largest absolute Gasteiger partial charge is 0.410 e. The molecule has 0 spiro atoms. The highest BCUT2D eigenvalue weighted by Gasteiger charge is 2.45. The maximum Gasteiger partial charge on any atom is 0.192 e. The first-order valence-corrected chi connectivity index (χ1v) is 18.0. The van der Waals surface area contributed by atoms with Crippen LogP contribution in [0.1, 0.15) is 113 Å². The van der Waals surface area contributed by atoms with Gasteiger partial charge in [-0.2, -0.15) is 0 Å². The number of aromatic nitrogens is 1. The van der Waals surface area contributed by atoms with Crippen LogP contribution in [0.4, 0.5) is 13.2 Å². The molecule has 2 aromatic carbocycles. The van der Waals surface area contributed by atoms with Gasteiger partial charge in [0.2, 0.25) is 0 Å². The molecule has 3 aromatic rings. The van der Waals surface area contributed by atoms with Gasteiger partial charge in [0.15, 0.2) is 14.5 Å². The molecule has 5 rings (SSSR count). The lowest BCUT2D eigenvalue weighted by molar-refractivity contribution is 0.106. The summed E-state index contributed by atoms with van der Waals surface area (Å²) in [7, 11) is -2.23. The Bertz CT molecular complexity index is 1390. The predicted molar refractivity (Wildman–Crippen MR) is 163 cm³/mol. The Hall–Kier alpha value is -2.44. The third kappa shape index (κ3) is 6.05. The van der Waals surface area contributed by atoms with E-state index in [1.807, 2.05) is 0 Å². The van der Waals surface area contributed by atoms with Gasteiger partial charge in [-0.1, -0.05) is 71.7 Å². The molecular formula is C35H44F3NOSi. The van der Waals surface area contributed by atoms with E-state index in [-0.39, 0.29) is 28.3 Å². The van der Waals surface area contributed by atoms with Crippen LogP contribution in [0.15, 0.2) is 48.5 Å². The maximum absolute atomic E-state index is 17.0. The zero-order valence-electron chi connectivity index (χ0n) is 25.6. The predicted octanol–water partition coefficient (Wildman–Crippen LogP) is 10.8. The summed E-state index contributed by atoms with van der Waals surface area (Å²) in [5.41, 5.74) is 5.17. The molecule has 6 heteroatoms. The van der Waals surface area contributed by atoms with E-state index >= 15 is 4.39 Å². The summed E-state index contributed by atoms with van der Waals surface area (Å²) in [5.74, 6) is -0.581. The summed E-state index contributed by atoms with van der Waals surface area (Å²) < 4.78 is 52.3. The molecule has 0 N–H and O–H groups in total. The van der Waals surface area contributed by atoms with Gasteiger partial charge in [-0.05, 0) is 90.2 Å². The van der Waals surface area contributed by atoms with E-state index in [0.29, 0.717) is 11.1 Å². The molecule has 41 heavy (non-hydrogen) atoms. The third-order valence-electron chi connectivity index (χ3n) is 9.62. The van der Waals surface area contributed by atoms with Gasteiger partial charge in [-0.25, -0.2) is 13.2 Å². The van der Waals surface area contributed by atoms with Crippen molar-refractivity contribution in [2.24, 2.45) is 5.41 Å². The van der Waals surface area contributed by atoms with Crippen molar-refractivity contribution in [1.82, 2.24) is 4.98 Å². The van der Waals surface area contributed by atoms with Crippen LogP contribution in [0, 0.1) is 17.0 Å². The normalized spacial score (nSPS) is 20.2. The van der Waals surface area contributed by atoms with Gasteiger partial charge in [0, 0.05) is 22.7 Å². The van der Waals surface area contributed by atoms with Crippen molar-refractivity contribution in [3.63, 3.8) is 0 Å². The highest BCUT2D eigenvalue weighted by Crippen LogP contribution is 2.53. The molecule has 1 saturated carbocycles. The van der Waals surface area contributed by atoms with Crippen molar-refractivity contribution in [2.45, 2.75) is 109 Å². The number of alkyl halides is 1. The number of hydrogen-bond donors (Lipinski definition) is 0. The summed E-state index contributed by atoms with van der Waals surface area (Å²) >= 11 is 0. The molecule has 2 aliphatic rings.